The smallest absolute Gasteiger partial charge is 0.191 e. The SMILES string of the molecule is CN=C(NCC1(C)CCCC1)NC1CN(C2CC2)CC1C.I. The summed E-state index contributed by atoms with van der Waals surface area (Å²) in [6.07, 6.45) is 8.30. The lowest BCUT2D eigenvalue weighted by Crippen LogP contribution is -2.48. The van der Waals surface area contributed by atoms with Gasteiger partial charge in [0.1, 0.15) is 0 Å². The fraction of sp³-hybridized carbons (Fsp3) is 0.941. The van der Waals surface area contributed by atoms with E-state index in [9.17, 15) is 0 Å². The van der Waals surface area contributed by atoms with Crippen molar-refractivity contribution in [2.24, 2.45) is 16.3 Å². The predicted octanol–water partition coefficient (Wildman–Crippen LogP) is 2.83. The number of hydrogen-bond acceptors (Lipinski definition) is 2. The number of nitrogens with one attached hydrogen (secondary N) is 2. The Balaban J connectivity index is 0.00000176. The van der Waals surface area contributed by atoms with Gasteiger partial charge in [0.25, 0.3) is 0 Å². The maximum absolute atomic E-state index is 4.44. The molecule has 0 spiro atoms. The third-order valence-corrected chi connectivity index (χ3v) is 5.74. The Morgan fingerprint density at radius 3 is 2.50 bits per heavy atom. The van der Waals surface area contributed by atoms with Crippen LogP contribution >= 0.6 is 24.0 Å². The Morgan fingerprint density at radius 2 is 1.91 bits per heavy atom. The first-order valence-corrected chi connectivity index (χ1v) is 8.81. The van der Waals surface area contributed by atoms with E-state index >= 15 is 0 Å². The van der Waals surface area contributed by atoms with Crippen LogP contribution in [0.25, 0.3) is 0 Å². The van der Waals surface area contributed by atoms with E-state index < -0.39 is 0 Å². The van der Waals surface area contributed by atoms with Crippen LogP contribution in [-0.2, 0) is 0 Å². The Hall–Kier alpha value is -0.0400. The third kappa shape index (κ3) is 4.49. The number of likely N-dealkylation sites (tertiary alicyclic amines) is 1. The van der Waals surface area contributed by atoms with Crippen LogP contribution in [-0.4, -0.2) is 49.6 Å². The van der Waals surface area contributed by atoms with E-state index in [1.165, 1.54) is 51.6 Å². The molecule has 0 radical (unpaired) electrons. The summed E-state index contributed by atoms with van der Waals surface area (Å²) in [4.78, 5) is 7.10. The van der Waals surface area contributed by atoms with E-state index in [0.717, 1.165) is 18.5 Å². The Bertz CT molecular complexity index is 388. The van der Waals surface area contributed by atoms with Crippen molar-refractivity contribution in [1.29, 1.82) is 0 Å². The third-order valence-electron chi connectivity index (χ3n) is 5.74. The molecular formula is C17H33IN4. The number of hydrogen-bond donors (Lipinski definition) is 2. The molecule has 2 N–H and O–H groups in total. The van der Waals surface area contributed by atoms with Crippen molar-refractivity contribution in [2.45, 2.75) is 64.5 Å². The number of aliphatic imine (C=N–C) groups is 1. The van der Waals surface area contributed by atoms with Crippen LogP contribution in [0.15, 0.2) is 4.99 Å². The summed E-state index contributed by atoms with van der Waals surface area (Å²) in [6, 6.07) is 1.43. The molecule has 1 aliphatic heterocycles. The van der Waals surface area contributed by atoms with Gasteiger partial charge in [0.05, 0.1) is 0 Å². The zero-order valence-electron chi connectivity index (χ0n) is 14.4. The fourth-order valence-electron chi connectivity index (χ4n) is 4.00. The average molecular weight is 420 g/mol. The molecule has 3 rings (SSSR count). The van der Waals surface area contributed by atoms with Crippen molar-refractivity contribution in [1.82, 2.24) is 15.5 Å². The van der Waals surface area contributed by atoms with Gasteiger partial charge in [-0.25, -0.2) is 0 Å². The van der Waals surface area contributed by atoms with Crippen molar-refractivity contribution in [3.8, 4) is 0 Å². The van der Waals surface area contributed by atoms with Crippen molar-refractivity contribution in [3.63, 3.8) is 0 Å². The molecule has 5 heteroatoms. The van der Waals surface area contributed by atoms with Gasteiger partial charge in [-0.15, -0.1) is 24.0 Å². The van der Waals surface area contributed by atoms with Crippen molar-refractivity contribution in [3.05, 3.63) is 0 Å². The van der Waals surface area contributed by atoms with E-state index in [-0.39, 0.29) is 24.0 Å². The zero-order chi connectivity index (χ0) is 14.9. The van der Waals surface area contributed by atoms with E-state index in [1.807, 2.05) is 7.05 Å². The standard InChI is InChI=1S/C17H32N4.HI/c1-13-10-21(14-6-7-14)11-15(13)20-16(18-3)19-12-17(2)8-4-5-9-17;/h13-15H,4-12H2,1-3H3,(H2,18,19,20);1H. The molecule has 0 aromatic carbocycles. The van der Waals surface area contributed by atoms with Gasteiger partial charge in [-0.1, -0.05) is 26.7 Å². The minimum absolute atomic E-state index is 0. The maximum Gasteiger partial charge on any atom is 0.191 e. The van der Waals surface area contributed by atoms with Gasteiger partial charge in [0.2, 0.25) is 0 Å². The number of nitrogens with zero attached hydrogens (tertiary/aromatic N) is 2. The van der Waals surface area contributed by atoms with Gasteiger partial charge in [0.15, 0.2) is 5.96 Å². The van der Waals surface area contributed by atoms with Crippen molar-refractivity contribution in [2.75, 3.05) is 26.7 Å². The topological polar surface area (TPSA) is 39.7 Å². The lowest BCUT2D eigenvalue weighted by molar-refractivity contribution is 0.315. The highest BCUT2D eigenvalue weighted by Crippen LogP contribution is 2.36. The molecular weight excluding hydrogens is 387 g/mol. The van der Waals surface area contributed by atoms with Crippen LogP contribution in [0, 0.1) is 11.3 Å². The molecule has 3 fully saturated rings. The summed E-state index contributed by atoms with van der Waals surface area (Å²) in [6.45, 7) is 8.26. The van der Waals surface area contributed by atoms with Crippen LogP contribution in [0.1, 0.15) is 52.4 Å². The van der Waals surface area contributed by atoms with Gasteiger partial charge < -0.3 is 10.6 Å². The highest BCUT2D eigenvalue weighted by atomic mass is 127. The molecule has 1 saturated heterocycles. The molecule has 2 aliphatic carbocycles. The van der Waals surface area contributed by atoms with E-state index in [0.29, 0.717) is 17.4 Å². The molecule has 2 atom stereocenters. The molecule has 0 amide bonds. The molecule has 22 heavy (non-hydrogen) atoms. The molecule has 0 aromatic rings. The van der Waals surface area contributed by atoms with E-state index in [1.54, 1.807) is 0 Å². The van der Waals surface area contributed by atoms with Gasteiger partial charge in [-0.3, -0.25) is 9.89 Å². The summed E-state index contributed by atoms with van der Waals surface area (Å²) in [5, 5.41) is 7.25. The predicted molar refractivity (Wildman–Crippen MR) is 104 cm³/mol. The lowest BCUT2D eigenvalue weighted by atomic mass is 9.89. The second-order valence-corrected chi connectivity index (χ2v) is 7.86. The minimum atomic E-state index is 0. The van der Waals surface area contributed by atoms with Crippen LogP contribution in [0.4, 0.5) is 0 Å². The molecule has 3 aliphatic rings. The number of guanidine groups is 1. The minimum Gasteiger partial charge on any atom is -0.356 e. The van der Waals surface area contributed by atoms with E-state index in [2.05, 4.69) is 34.4 Å². The monoisotopic (exact) mass is 420 g/mol. The second-order valence-electron chi connectivity index (χ2n) is 7.86. The first-order valence-electron chi connectivity index (χ1n) is 8.81. The quantitative estimate of drug-likeness (QED) is 0.418. The Labute approximate surface area is 152 Å². The zero-order valence-corrected chi connectivity index (χ0v) is 16.7. The first kappa shape index (κ1) is 18.3. The first-order chi connectivity index (χ1) is 10.1. The normalized spacial score (nSPS) is 31.9. The Morgan fingerprint density at radius 1 is 1.23 bits per heavy atom. The average Bonchev–Trinajstić information content (AvgIpc) is 3.14. The highest BCUT2D eigenvalue weighted by Gasteiger charge is 2.38. The van der Waals surface area contributed by atoms with Gasteiger partial charge >= 0.3 is 0 Å². The van der Waals surface area contributed by atoms with Crippen molar-refractivity contribution >= 4 is 29.9 Å². The van der Waals surface area contributed by atoms with E-state index in [4.69, 9.17) is 0 Å². The largest absolute Gasteiger partial charge is 0.356 e. The van der Waals surface area contributed by atoms with Crippen LogP contribution in [0.5, 0.6) is 0 Å². The Kier molecular flexibility index (Phi) is 6.39. The molecule has 128 valence electrons. The summed E-state index contributed by atoms with van der Waals surface area (Å²) < 4.78 is 0. The number of rotatable bonds is 4. The summed E-state index contributed by atoms with van der Waals surface area (Å²) in [5.74, 6) is 1.71. The van der Waals surface area contributed by atoms with Crippen LogP contribution in [0.3, 0.4) is 0 Å². The number of halogens is 1. The molecule has 0 bridgehead atoms. The molecule has 0 aromatic heterocycles. The summed E-state index contributed by atoms with van der Waals surface area (Å²) >= 11 is 0. The van der Waals surface area contributed by atoms with Gasteiger partial charge in [-0.05, 0) is 37.0 Å². The lowest BCUT2D eigenvalue weighted by Gasteiger charge is -2.27. The van der Waals surface area contributed by atoms with Crippen LogP contribution < -0.4 is 10.6 Å². The van der Waals surface area contributed by atoms with Gasteiger partial charge in [-0.2, -0.15) is 0 Å². The van der Waals surface area contributed by atoms with Crippen LogP contribution in [0.2, 0.25) is 0 Å². The summed E-state index contributed by atoms with van der Waals surface area (Å²) in [5.41, 5.74) is 0.471. The highest BCUT2D eigenvalue weighted by molar-refractivity contribution is 14.0. The molecule has 4 nitrogen and oxygen atoms in total. The fourth-order valence-corrected chi connectivity index (χ4v) is 4.00. The molecule has 2 unspecified atom stereocenters. The van der Waals surface area contributed by atoms with Gasteiger partial charge in [0, 0.05) is 38.8 Å². The molecule has 2 saturated carbocycles. The summed E-state index contributed by atoms with van der Waals surface area (Å²) in [7, 11) is 1.89. The second kappa shape index (κ2) is 7.69. The maximum atomic E-state index is 4.44. The molecule has 1 heterocycles. The van der Waals surface area contributed by atoms with Crippen molar-refractivity contribution < 1.29 is 0 Å².